The zero-order chi connectivity index (χ0) is 27.3. The number of nitrogens with zero attached hydrogens (tertiary/aromatic N) is 3. The molecule has 10 nitrogen and oxygen atoms in total. The lowest BCUT2D eigenvalue weighted by atomic mass is 9.74. The second-order valence-electron chi connectivity index (χ2n) is 11.7. The van der Waals surface area contributed by atoms with Crippen LogP contribution in [0.25, 0.3) is 0 Å². The number of piperidine rings is 1. The highest BCUT2D eigenvalue weighted by Gasteiger charge is 2.42. The first-order chi connectivity index (χ1) is 18.2. The molecule has 0 aromatic carbocycles. The van der Waals surface area contributed by atoms with Crippen LogP contribution in [0.15, 0.2) is 18.3 Å². The first-order valence-electron chi connectivity index (χ1n) is 14.0. The van der Waals surface area contributed by atoms with Gasteiger partial charge in [0.05, 0.1) is 36.1 Å². The number of anilines is 1. The van der Waals surface area contributed by atoms with Gasteiger partial charge in [-0.05, 0) is 64.5 Å². The van der Waals surface area contributed by atoms with Crippen molar-refractivity contribution < 1.29 is 19.1 Å². The van der Waals surface area contributed by atoms with Crippen LogP contribution < -0.4 is 16.0 Å². The van der Waals surface area contributed by atoms with Gasteiger partial charge in [-0.2, -0.15) is 5.10 Å². The van der Waals surface area contributed by atoms with Crippen molar-refractivity contribution in [1.82, 2.24) is 25.3 Å². The van der Waals surface area contributed by atoms with Gasteiger partial charge in [0.2, 0.25) is 17.7 Å². The summed E-state index contributed by atoms with van der Waals surface area (Å²) >= 11 is 0. The first kappa shape index (κ1) is 28.3. The van der Waals surface area contributed by atoms with Gasteiger partial charge in [-0.15, -0.1) is 0 Å². The summed E-state index contributed by atoms with van der Waals surface area (Å²) in [5.74, 6) is 0.270. The van der Waals surface area contributed by atoms with Crippen LogP contribution in [0, 0.1) is 24.2 Å². The predicted molar refractivity (Wildman–Crippen MR) is 145 cm³/mol. The molecule has 1 aromatic rings. The molecule has 10 heteroatoms. The molecule has 3 amide bonds. The van der Waals surface area contributed by atoms with E-state index in [9.17, 15) is 14.4 Å². The van der Waals surface area contributed by atoms with Crippen molar-refractivity contribution in [2.45, 2.75) is 71.4 Å². The fourth-order valence-electron chi connectivity index (χ4n) is 5.77. The average Bonchev–Trinajstić information content (AvgIpc) is 3.19. The minimum absolute atomic E-state index is 0.0536. The van der Waals surface area contributed by atoms with Crippen LogP contribution >= 0.6 is 0 Å². The van der Waals surface area contributed by atoms with Crippen LogP contribution in [0.2, 0.25) is 0 Å². The van der Waals surface area contributed by atoms with Crippen molar-refractivity contribution in [3.8, 4) is 0 Å². The molecular weight excluding hydrogens is 484 g/mol. The van der Waals surface area contributed by atoms with Gasteiger partial charge in [-0.1, -0.05) is 26.0 Å². The first-order valence-corrected chi connectivity index (χ1v) is 14.0. The van der Waals surface area contributed by atoms with Crippen molar-refractivity contribution in [1.29, 1.82) is 0 Å². The SMILES string of the molecule is Cc1c(NC(=O)CN2CCC3(C/C=C\C[C@@H]4COCC[C@@H]4NC(=O)[C@@H](CC(C)C)NC3=O)CC2)cnn1C. The third-order valence-corrected chi connectivity index (χ3v) is 8.42. The van der Waals surface area contributed by atoms with Crippen LogP contribution in [-0.2, 0) is 26.2 Å². The number of fused-ring (bicyclic) bond motifs is 1. The number of ether oxygens (including phenoxy) is 1. The number of aromatic nitrogens is 2. The van der Waals surface area contributed by atoms with E-state index in [-0.39, 0.29) is 42.1 Å². The number of carbonyl (C=O) groups is 3. The zero-order valence-electron chi connectivity index (χ0n) is 23.3. The van der Waals surface area contributed by atoms with E-state index in [1.165, 1.54) is 0 Å². The Balaban J connectivity index is 1.44. The molecule has 0 aliphatic carbocycles. The lowest BCUT2D eigenvalue weighted by molar-refractivity contribution is -0.138. The van der Waals surface area contributed by atoms with E-state index in [1.54, 1.807) is 10.9 Å². The van der Waals surface area contributed by atoms with Crippen molar-refractivity contribution in [3.05, 3.63) is 24.0 Å². The minimum atomic E-state index is -0.597. The van der Waals surface area contributed by atoms with Crippen LogP contribution in [-0.4, -0.2) is 77.3 Å². The maximum absolute atomic E-state index is 13.8. The Bertz CT molecular complexity index is 1030. The fraction of sp³-hybridized carbons (Fsp3) is 0.714. The molecule has 210 valence electrons. The van der Waals surface area contributed by atoms with Gasteiger partial charge in [0.25, 0.3) is 0 Å². The van der Waals surface area contributed by atoms with Gasteiger partial charge in [0.15, 0.2) is 0 Å². The van der Waals surface area contributed by atoms with Crippen LogP contribution in [0.3, 0.4) is 0 Å². The number of hydrogen-bond donors (Lipinski definition) is 3. The van der Waals surface area contributed by atoms with Crippen molar-refractivity contribution in [3.63, 3.8) is 0 Å². The highest BCUT2D eigenvalue weighted by atomic mass is 16.5. The van der Waals surface area contributed by atoms with Gasteiger partial charge in [-0.3, -0.25) is 24.0 Å². The normalized spacial score (nSPS) is 27.6. The van der Waals surface area contributed by atoms with E-state index < -0.39 is 11.5 Å². The molecule has 4 heterocycles. The van der Waals surface area contributed by atoms with Crippen molar-refractivity contribution in [2.24, 2.45) is 24.3 Å². The van der Waals surface area contributed by atoms with Gasteiger partial charge >= 0.3 is 0 Å². The molecule has 0 saturated carbocycles. The second kappa shape index (κ2) is 12.4. The molecule has 0 unspecified atom stereocenters. The molecule has 3 aliphatic heterocycles. The molecule has 1 spiro atoms. The van der Waals surface area contributed by atoms with Crippen LogP contribution in [0.5, 0.6) is 0 Å². The molecular formula is C28H44N6O4. The summed E-state index contributed by atoms with van der Waals surface area (Å²) in [5, 5.41) is 13.5. The number of nitrogens with one attached hydrogen (secondary N) is 3. The summed E-state index contributed by atoms with van der Waals surface area (Å²) in [6.07, 6.45) is 10.0. The third kappa shape index (κ3) is 6.83. The highest BCUT2D eigenvalue weighted by molar-refractivity contribution is 5.93. The number of hydrogen-bond acceptors (Lipinski definition) is 6. The molecule has 4 rings (SSSR count). The van der Waals surface area contributed by atoms with Crippen LogP contribution in [0.1, 0.15) is 58.1 Å². The van der Waals surface area contributed by atoms with Gasteiger partial charge in [0.1, 0.15) is 6.04 Å². The monoisotopic (exact) mass is 528 g/mol. The molecule has 1 aromatic heterocycles. The Morgan fingerprint density at radius 1 is 1.24 bits per heavy atom. The summed E-state index contributed by atoms with van der Waals surface area (Å²) in [6.45, 7) is 8.88. The largest absolute Gasteiger partial charge is 0.381 e. The Morgan fingerprint density at radius 2 is 2.00 bits per heavy atom. The molecule has 3 N–H and O–H groups in total. The van der Waals surface area contributed by atoms with E-state index in [2.05, 4.69) is 51.9 Å². The fourth-order valence-corrected chi connectivity index (χ4v) is 5.77. The molecule has 3 aliphatic rings. The van der Waals surface area contributed by atoms with Crippen molar-refractivity contribution in [2.75, 3.05) is 38.2 Å². The second-order valence-corrected chi connectivity index (χ2v) is 11.7. The van der Waals surface area contributed by atoms with E-state index in [0.29, 0.717) is 52.0 Å². The summed E-state index contributed by atoms with van der Waals surface area (Å²) in [6, 6.07) is -0.497. The number of allylic oxidation sites excluding steroid dienone is 2. The summed E-state index contributed by atoms with van der Waals surface area (Å²) in [4.78, 5) is 41.9. The summed E-state index contributed by atoms with van der Waals surface area (Å²) < 4.78 is 7.43. The topological polar surface area (TPSA) is 118 Å². The Kier molecular flexibility index (Phi) is 9.25. The van der Waals surface area contributed by atoms with E-state index >= 15 is 0 Å². The molecule has 3 atom stereocenters. The van der Waals surface area contributed by atoms with Gasteiger partial charge in [0, 0.05) is 25.6 Å². The Morgan fingerprint density at radius 3 is 2.68 bits per heavy atom. The highest BCUT2D eigenvalue weighted by Crippen LogP contribution is 2.37. The summed E-state index contributed by atoms with van der Waals surface area (Å²) in [7, 11) is 1.84. The standard InChI is InChI=1S/C28H44N6O4/c1-19(2)15-23-26(36)31-22-8-14-38-18-21(22)7-5-6-9-28(27(37)32-23)10-12-34(13-11-28)17-25(35)30-24-16-29-33(4)20(24)3/h5-6,16,19,21-23H,7-15,17-18H2,1-4H3,(H,30,35)(H,31,36)(H,32,37)/b6-5-/t21-,22+,23-/m1/s1. The molecule has 0 radical (unpaired) electrons. The Labute approximate surface area is 225 Å². The van der Waals surface area contributed by atoms with Crippen molar-refractivity contribution >= 4 is 23.4 Å². The quantitative estimate of drug-likeness (QED) is 0.504. The number of carbonyl (C=O) groups excluding carboxylic acids is 3. The lowest BCUT2D eigenvalue weighted by Gasteiger charge is -2.41. The van der Waals surface area contributed by atoms with Gasteiger partial charge in [-0.25, -0.2) is 0 Å². The lowest BCUT2D eigenvalue weighted by Crippen LogP contribution is -2.57. The number of likely N-dealkylation sites (tertiary alicyclic amines) is 1. The molecule has 38 heavy (non-hydrogen) atoms. The maximum Gasteiger partial charge on any atom is 0.242 e. The number of rotatable bonds is 5. The summed E-state index contributed by atoms with van der Waals surface area (Å²) in [5.41, 5.74) is 1.02. The average molecular weight is 529 g/mol. The predicted octanol–water partition coefficient (Wildman–Crippen LogP) is 2.15. The van der Waals surface area contributed by atoms with E-state index in [1.807, 2.05) is 14.0 Å². The van der Waals surface area contributed by atoms with E-state index in [0.717, 1.165) is 24.2 Å². The third-order valence-electron chi connectivity index (χ3n) is 8.42. The minimum Gasteiger partial charge on any atom is -0.381 e. The smallest absolute Gasteiger partial charge is 0.242 e. The molecule has 0 bridgehead atoms. The Hall–Kier alpha value is -2.72. The molecule has 2 fully saturated rings. The number of aryl methyl sites for hydroxylation is 1. The van der Waals surface area contributed by atoms with Crippen LogP contribution in [0.4, 0.5) is 5.69 Å². The maximum atomic E-state index is 13.8. The zero-order valence-corrected chi connectivity index (χ0v) is 23.3. The van der Waals surface area contributed by atoms with Gasteiger partial charge < -0.3 is 20.7 Å². The number of amides is 3. The van der Waals surface area contributed by atoms with E-state index in [4.69, 9.17) is 4.74 Å². The molecule has 2 saturated heterocycles.